The van der Waals surface area contributed by atoms with Crippen molar-refractivity contribution in [2.45, 2.75) is 45.7 Å². The van der Waals surface area contributed by atoms with Crippen molar-refractivity contribution in [1.29, 1.82) is 0 Å². The zero-order valence-corrected chi connectivity index (χ0v) is 27.8. The number of carbonyl (C=O) groups excluding carboxylic acids is 2. The molecule has 0 aliphatic carbocycles. The molecule has 0 saturated heterocycles. The Morgan fingerprint density at radius 1 is 0.875 bits per heavy atom. The molecule has 0 aliphatic rings. The lowest BCUT2D eigenvalue weighted by molar-refractivity contribution is -0.121. The molecule has 2 amide bonds. The minimum atomic E-state index is -0.458. The Balaban J connectivity index is 1.18. The van der Waals surface area contributed by atoms with Crippen LogP contribution in [-0.4, -0.2) is 110 Å². The van der Waals surface area contributed by atoms with Gasteiger partial charge in [-0.05, 0) is 44.0 Å². The highest BCUT2D eigenvalue weighted by Gasteiger charge is 2.12. The number of aromatic amines is 1. The van der Waals surface area contributed by atoms with E-state index in [1.165, 1.54) is 6.20 Å². The molecule has 3 aromatic rings. The van der Waals surface area contributed by atoms with E-state index in [1.807, 2.05) is 6.92 Å². The molecule has 3 rings (SSSR count). The second-order valence-corrected chi connectivity index (χ2v) is 10.7. The van der Waals surface area contributed by atoms with Crippen molar-refractivity contribution >= 4 is 34.6 Å². The maximum Gasteiger partial charge on any atom is 0.280 e. The summed E-state index contributed by atoms with van der Waals surface area (Å²) < 4.78 is 27.1. The van der Waals surface area contributed by atoms with E-state index in [2.05, 4.69) is 42.8 Å². The molecule has 0 aliphatic heterocycles. The summed E-state index contributed by atoms with van der Waals surface area (Å²) in [5.74, 6) is -0.365. The van der Waals surface area contributed by atoms with Gasteiger partial charge in [0.1, 0.15) is 0 Å². The van der Waals surface area contributed by atoms with Crippen molar-refractivity contribution in [3.05, 3.63) is 52.1 Å². The Hall–Kier alpha value is -4.22. The van der Waals surface area contributed by atoms with E-state index >= 15 is 0 Å². The molecule has 0 spiro atoms. The van der Waals surface area contributed by atoms with Crippen LogP contribution in [0, 0.1) is 0 Å². The highest BCUT2D eigenvalue weighted by Crippen LogP contribution is 2.12. The Morgan fingerprint density at radius 2 is 1.48 bits per heavy atom. The third-order valence-electron chi connectivity index (χ3n) is 6.69. The normalized spacial score (nSPS) is 11.8. The Kier molecular flexibility index (Phi) is 17.8. The number of nitrogens with two attached hydrogens (primary N) is 1. The number of ether oxygens (including phenoxy) is 5. The third kappa shape index (κ3) is 15.1. The van der Waals surface area contributed by atoms with E-state index in [4.69, 9.17) is 29.4 Å². The van der Waals surface area contributed by atoms with Gasteiger partial charge < -0.3 is 45.4 Å². The zero-order valence-electron chi connectivity index (χ0n) is 27.8. The number of rotatable bonds is 25. The van der Waals surface area contributed by atoms with Crippen molar-refractivity contribution in [3.63, 3.8) is 0 Å². The summed E-state index contributed by atoms with van der Waals surface area (Å²) in [7, 11) is 0. The SMILES string of the molecule is CCCOCCOCCOCCOCCOCCNC(=O)CC[C@@H](C)NC(=O)c1ccc(NCc2cnc3nc(N)[nH]c(=O)c3n2)cc1. The van der Waals surface area contributed by atoms with E-state index in [0.717, 1.165) is 18.7 Å². The molecule has 6 N–H and O–H groups in total. The van der Waals surface area contributed by atoms with Gasteiger partial charge in [0.25, 0.3) is 11.5 Å². The van der Waals surface area contributed by atoms with Gasteiger partial charge in [0, 0.05) is 36.9 Å². The van der Waals surface area contributed by atoms with Gasteiger partial charge >= 0.3 is 0 Å². The topological polar surface area (TPSA) is 214 Å². The maximum absolute atomic E-state index is 12.7. The van der Waals surface area contributed by atoms with Crippen LogP contribution in [-0.2, 0) is 35.0 Å². The van der Waals surface area contributed by atoms with Crippen molar-refractivity contribution in [2.75, 3.05) is 83.7 Å². The lowest BCUT2D eigenvalue weighted by Gasteiger charge is -2.14. The summed E-state index contributed by atoms with van der Waals surface area (Å²) in [5, 5.41) is 8.92. The predicted molar refractivity (Wildman–Crippen MR) is 180 cm³/mol. The lowest BCUT2D eigenvalue weighted by Crippen LogP contribution is -2.34. The molecule has 0 fully saturated rings. The van der Waals surface area contributed by atoms with Crippen molar-refractivity contribution < 1.29 is 33.3 Å². The average molecular weight is 673 g/mol. The van der Waals surface area contributed by atoms with E-state index in [0.29, 0.717) is 90.2 Å². The molecule has 16 nitrogen and oxygen atoms in total. The number of benzene rings is 1. The molecule has 0 saturated carbocycles. The average Bonchev–Trinajstić information content (AvgIpc) is 3.08. The van der Waals surface area contributed by atoms with Crippen LogP contribution in [0.25, 0.3) is 11.2 Å². The first-order valence-corrected chi connectivity index (χ1v) is 16.2. The fourth-order valence-corrected chi connectivity index (χ4v) is 4.19. The van der Waals surface area contributed by atoms with Gasteiger partial charge in [-0.25, -0.2) is 9.97 Å². The van der Waals surface area contributed by atoms with Gasteiger partial charge in [0.15, 0.2) is 11.2 Å². The van der Waals surface area contributed by atoms with Crippen LogP contribution in [0.3, 0.4) is 0 Å². The quantitative estimate of drug-likeness (QED) is 0.0807. The number of nitrogens with one attached hydrogen (secondary N) is 4. The highest BCUT2D eigenvalue weighted by atomic mass is 16.6. The molecule has 1 aromatic carbocycles. The van der Waals surface area contributed by atoms with Crippen molar-refractivity contribution in [2.24, 2.45) is 0 Å². The lowest BCUT2D eigenvalue weighted by atomic mass is 10.1. The van der Waals surface area contributed by atoms with Crippen LogP contribution >= 0.6 is 0 Å². The zero-order chi connectivity index (χ0) is 34.4. The van der Waals surface area contributed by atoms with Gasteiger partial charge in [-0.1, -0.05) is 6.92 Å². The number of amides is 2. The minimum absolute atomic E-state index is 0.0206. The number of H-pyrrole nitrogens is 1. The Bertz CT molecular complexity index is 1440. The maximum atomic E-state index is 12.7. The number of nitrogen functional groups attached to an aromatic ring is 1. The monoisotopic (exact) mass is 672 g/mol. The van der Waals surface area contributed by atoms with Gasteiger partial charge in [0.05, 0.1) is 77.9 Å². The number of carbonyl (C=O) groups is 2. The third-order valence-corrected chi connectivity index (χ3v) is 6.69. The number of anilines is 2. The first-order valence-electron chi connectivity index (χ1n) is 16.2. The van der Waals surface area contributed by atoms with Crippen molar-refractivity contribution in [1.82, 2.24) is 30.6 Å². The fourth-order valence-electron chi connectivity index (χ4n) is 4.19. The summed E-state index contributed by atoms with van der Waals surface area (Å²) in [5.41, 5.74) is 7.14. The van der Waals surface area contributed by atoms with E-state index in [9.17, 15) is 14.4 Å². The van der Waals surface area contributed by atoms with Crippen LogP contribution in [0.2, 0.25) is 0 Å². The van der Waals surface area contributed by atoms with Gasteiger partial charge in [-0.2, -0.15) is 4.98 Å². The van der Waals surface area contributed by atoms with E-state index < -0.39 is 5.56 Å². The molecular weight excluding hydrogens is 624 g/mol. The second-order valence-electron chi connectivity index (χ2n) is 10.7. The minimum Gasteiger partial charge on any atom is -0.379 e. The predicted octanol–water partition coefficient (Wildman–Crippen LogP) is 1.42. The second kappa shape index (κ2) is 22.4. The number of nitrogens with zero attached hydrogens (tertiary/aromatic N) is 3. The smallest absolute Gasteiger partial charge is 0.280 e. The molecule has 2 aromatic heterocycles. The Labute approximate surface area is 279 Å². The molecule has 0 bridgehead atoms. The first-order chi connectivity index (χ1) is 23.4. The van der Waals surface area contributed by atoms with Crippen LogP contribution < -0.4 is 27.2 Å². The van der Waals surface area contributed by atoms with Gasteiger partial charge in [-0.15, -0.1) is 0 Å². The number of hydrogen-bond donors (Lipinski definition) is 5. The fraction of sp³-hybridized carbons (Fsp3) is 0.562. The molecular formula is C32H48N8O8. The summed E-state index contributed by atoms with van der Waals surface area (Å²) in [6, 6.07) is 6.73. The summed E-state index contributed by atoms with van der Waals surface area (Å²) in [6.45, 7) is 9.80. The van der Waals surface area contributed by atoms with Crippen LogP contribution in [0.4, 0.5) is 11.6 Å². The summed E-state index contributed by atoms with van der Waals surface area (Å²) >= 11 is 0. The first kappa shape index (κ1) is 38.2. The molecule has 48 heavy (non-hydrogen) atoms. The standard InChI is InChI=1S/C32H48N8O8/c1-3-11-44-13-15-46-17-19-48-20-18-47-16-14-45-12-10-34-27(41)9-4-23(2)37-30(42)24-5-7-25(8-6-24)35-21-26-22-36-29-28(38-26)31(43)40-32(33)39-29/h5-8,22-23,35H,3-4,9-21H2,1-2H3,(H,34,41)(H,37,42)(H3,33,36,39,40,43)/t23-/m1/s1. The number of hydrogen-bond acceptors (Lipinski definition) is 13. The number of aromatic nitrogens is 4. The molecule has 264 valence electrons. The van der Waals surface area contributed by atoms with Gasteiger partial charge in [0.2, 0.25) is 11.9 Å². The van der Waals surface area contributed by atoms with Crippen LogP contribution in [0.15, 0.2) is 35.3 Å². The number of fused-ring (bicyclic) bond motifs is 1. The van der Waals surface area contributed by atoms with Crippen LogP contribution in [0.1, 0.15) is 49.2 Å². The van der Waals surface area contributed by atoms with Crippen molar-refractivity contribution in [3.8, 4) is 0 Å². The highest BCUT2D eigenvalue weighted by molar-refractivity contribution is 5.94. The van der Waals surface area contributed by atoms with Crippen LogP contribution in [0.5, 0.6) is 0 Å². The van der Waals surface area contributed by atoms with Gasteiger partial charge in [-0.3, -0.25) is 19.4 Å². The van der Waals surface area contributed by atoms with E-state index in [-0.39, 0.29) is 41.4 Å². The molecule has 1 atom stereocenters. The largest absolute Gasteiger partial charge is 0.379 e. The molecule has 2 heterocycles. The summed E-state index contributed by atoms with van der Waals surface area (Å²) in [4.78, 5) is 51.7. The molecule has 16 heteroatoms. The Morgan fingerprint density at radius 3 is 2.10 bits per heavy atom. The molecule has 0 radical (unpaired) electrons. The molecule has 0 unspecified atom stereocenters. The van der Waals surface area contributed by atoms with E-state index in [1.54, 1.807) is 24.3 Å². The summed E-state index contributed by atoms with van der Waals surface area (Å²) in [6.07, 6.45) is 3.29.